The van der Waals surface area contributed by atoms with E-state index in [1.54, 1.807) is 0 Å². The molecule has 0 amide bonds. The van der Waals surface area contributed by atoms with Crippen LogP contribution in [0.15, 0.2) is 24.3 Å². The first kappa shape index (κ1) is 8.14. The van der Waals surface area contributed by atoms with Gasteiger partial charge < -0.3 is 4.74 Å². The first-order valence-electron chi connectivity index (χ1n) is 4.08. The lowest BCUT2D eigenvalue weighted by atomic mass is 9.95. The largest absolute Gasteiger partial charge is 0.378 e. The van der Waals surface area contributed by atoms with Gasteiger partial charge in [-0.2, -0.15) is 12.6 Å². The Hall–Kier alpha value is -0.470. The van der Waals surface area contributed by atoms with Gasteiger partial charge >= 0.3 is 0 Å². The minimum absolute atomic E-state index is 0.0218. The van der Waals surface area contributed by atoms with Crippen LogP contribution < -0.4 is 0 Å². The Bertz CT molecular complexity index is 292. The van der Waals surface area contributed by atoms with Crippen LogP contribution in [-0.4, -0.2) is 13.2 Å². The van der Waals surface area contributed by atoms with Crippen molar-refractivity contribution in [1.82, 2.24) is 0 Å². The van der Waals surface area contributed by atoms with E-state index in [-0.39, 0.29) is 4.75 Å². The van der Waals surface area contributed by atoms with Crippen molar-refractivity contribution in [2.45, 2.75) is 11.7 Å². The average Bonchev–Trinajstić information content (AvgIpc) is 2.00. The van der Waals surface area contributed by atoms with Crippen molar-refractivity contribution in [3.63, 3.8) is 0 Å². The number of aryl methyl sites for hydroxylation is 1. The van der Waals surface area contributed by atoms with Crippen LogP contribution in [0.25, 0.3) is 0 Å². The maximum Gasteiger partial charge on any atom is 0.0844 e. The lowest BCUT2D eigenvalue weighted by Gasteiger charge is -2.37. The van der Waals surface area contributed by atoms with Crippen LogP contribution in [-0.2, 0) is 9.48 Å². The van der Waals surface area contributed by atoms with Crippen molar-refractivity contribution in [3.05, 3.63) is 35.4 Å². The summed E-state index contributed by atoms with van der Waals surface area (Å²) < 4.78 is 5.13. The summed E-state index contributed by atoms with van der Waals surface area (Å²) in [6, 6.07) is 8.46. The van der Waals surface area contributed by atoms with E-state index in [9.17, 15) is 0 Å². The van der Waals surface area contributed by atoms with Gasteiger partial charge in [0, 0.05) is 0 Å². The fourth-order valence-electron chi connectivity index (χ4n) is 1.40. The van der Waals surface area contributed by atoms with E-state index < -0.39 is 0 Å². The summed E-state index contributed by atoms with van der Waals surface area (Å²) in [5.74, 6) is 0. The second-order valence-electron chi connectivity index (χ2n) is 3.39. The molecule has 2 rings (SSSR count). The van der Waals surface area contributed by atoms with E-state index in [1.165, 1.54) is 11.1 Å². The minimum Gasteiger partial charge on any atom is -0.378 e. The van der Waals surface area contributed by atoms with Crippen LogP contribution in [0.1, 0.15) is 11.1 Å². The normalized spacial score (nSPS) is 20.2. The molecule has 2 heteroatoms. The van der Waals surface area contributed by atoms with Gasteiger partial charge in [0.05, 0.1) is 18.0 Å². The maximum atomic E-state index is 5.16. The quantitative estimate of drug-likeness (QED) is 0.651. The smallest absolute Gasteiger partial charge is 0.0844 e. The van der Waals surface area contributed by atoms with E-state index in [2.05, 4.69) is 43.8 Å². The van der Waals surface area contributed by atoms with Gasteiger partial charge in [0.15, 0.2) is 0 Å². The molecular weight excluding hydrogens is 168 g/mol. The Morgan fingerprint density at radius 2 is 2.17 bits per heavy atom. The molecular formula is C10H12OS. The monoisotopic (exact) mass is 180 g/mol. The highest BCUT2D eigenvalue weighted by molar-refractivity contribution is 7.81. The van der Waals surface area contributed by atoms with Gasteiger partial charge in [-0.1, -0.05) is 29.8 Å². The zero-order chi connectivity index (χ0) is 8.60. The van der Waals surface area contributed by atoms with Gasteiger partial charge in [0.1, 0.15) is 0 Å². The zero-order valence-corrected chi connectivity index (χ0v) is 7.97. The van der Waals surface area contributed by atoms with Crippen molar-refractivity contribution in [1.29, 1.82) is 0 Å². The van der Waals surface area contributed by atoms with Crippen LogP contribution in [0.5, 0.6) is 0 Å². The van der Waals surface area contributed by atoms with Crippen LogP contribution >= 0.6 is 12.6 Å². The van der Waals surface area contributed by atoms with Gasteiger partial charge in [0.25, 0.3) is 0 Å². The Labute approximate surface area is 78.2 Å². The van der Waals surface area contributed by atoms with Crippen molar-refractivity contribution >= 4 is 12.6 Å². The summed E-state index contributed by atoms with van der Waals surface area (Å²) in [5, 5.41) is 0. The third-order valence-electron chi connectivity index (χ3n) is 2.24. The van der Waals surface area contributed by atoms with Crippen molar-refractivity contribution < 1.29 is 4.74 Å². The van der Waals surface area contributed by atoms with E-state index >= 15 is 0 Å². The molecule has 1 saturated heterocycles. The number of thiol groups is 1. The molecule has 1 aromatic rings. The molecule has 64 valence electrons. The highest BCUT2D eigenvalue weighted by Gasteiger charge is 2.36. The van der Waals surface area contributed by atoms with Crippen molar-refractivity contribution in [3.8, 4) is 0 Å². The predicted octanol–water partition coefficient (Wildman–Crippen LogP) is 2.15. The van der Waals surface area contributed by atoms with E-state index in [4.69, 9.17) is 4.74 Å². The highest BCUT2D eigenvalue weighted by atomic mass is 32.1. The summed E-state index contributed by atoms with van der Waals surface area (Å²) >= 11 is 4.59. The summed E-state index contributed by atoms with van der Waals surface area (Å²) in [4.78, 5) is 0. The molecule has 1 heterocycles. The molecule has 12 heavy (non-hydrogen) atoms. The van der Waals surface area contributed by atoms with Gasteiger partial charge in [-0.15, -0.1) is 0 Å². The maximum absolute atomic E-state index is 5.16. The standard InChI is InChI=1S/C10H12OS/c1-8-3-2-4-9(5-8)10(12)6-11-7-10/h2-5,12H,6-7H2,1H3. The molecule has 1 aliphatic heterocycles. The van der Waals surface area contributed by atoms with Crippen molar-refractivity contribution in [2.24, 2.45) is 0 Å². The first-order chi connectivity index (χ1) is 5.71. The molecule has 0 bridgehead atoms. The number of hydrogen-bond acceptors (Lipinski definition) is 2. The van der Waals surface area contributed by atoms with Crippen LogP contribution in [0.3, 0.4) is 0 Å². The molecule has 0 radical (unpaired) electrons. The minimum atomic E-state index is -0.0218. The number of benzene rings is 1. The Morgan fingerprint density at radius 3 is 2.67 bits per heavy atom. The lowest BCUT2D eigenvalue weighted by Crippen LogP contribution is -2.41. The summed E-state index contributed by atoms with van der Waals surface area (Å²) in [6.07, 6.45) is 0. The zero-order valence-electron chi connectivity index (χ0n) is 7.08. The van der Waals surface area contributed by atoms with Gasteiger partial charge in [-0.05, 0) is 12.5 Å². The number of rotatable bonds is 1. The SMILES string of the molecule is Cc1cccc(C2(S)COC2)c1. The van der Waals surface area contributed by atoms with E-state index in [0.29, 0.717) is 0 Å². The average molecular weight is 180 g/mol. The Balaban J connectivity index is 2.33. The van der Waals surface area contributed by atoms with E-state index in [1.807, 2.05) is 0 Å². The van der Waals surface area contributed by atoms with Gasteiger partial charge in [-0.3, -0.25) is 0 Å². The molecule has 1 aromatic carbocycles. The molecule has 0 spiro atoms. The number of hydrogen-bond donors (Lipinski definition) is 1. The van der Waals surface area contributed by atoms with Crippen LogP contribution in [0.2, 0.25) is 0 Å². The topological polar surface area (TPSA) is 9.23 Å². The Kier molecular flexibility index (Phi) is 1.89. The first-order valence-corrected chi connectivity index (χ1v) is 4.53. The van der Waals surface area contributed by atoms with Crippen LogP contribution in [0.4, 0.5) is 0 Å². The molecule has 0 saturated carbocycles. The summed E-state index contributed by atoms with van der Waals surface area (Å²) in [5.41, 5.74) is 2.56. The Morgan fingerprint density at radius 1 is 1.42 bits per heavy atom. The summed E-state index contributed by atoms with van der Waals surface area (Å²) in [6.45, 7) is 3.57. The molecule has 0 unspecified atom stereocenters. The molecule has 0 aliphatic carbocycles. The predicted molar refractivity (Wildman–Crippen MR) is 52.7 cm³/mol. The lowest BCUT2D eigenvalue weighted by molar-refractivity contribution is -0.00970. The fraction of sp³-hybridized carbons (Fsp3) is 0.400. The second-order valence-corrected chi connectivity index (χ2v) is 4.25. The molecule has 0 aromatic heterocycles. The van der Waals surface area contributed by atoms with Crippen molar-refractivity contribution in [2.75, 3.05) is 13.2 Å². The van der Waals surface area contributed by atoms with Gasteiger partial charge in [-0.25, -0.2) is 0 Å². The molecule has 1 nitrogen and oxygen atoms in total. The van der Waals surface area contributed by atoms with Gasteiger partial charge in [0.2, 0.25) is 0 Å². The molecule has 1 aliphatic rings. The third-order valence-corrected chi connectivity index (χ3v) is 2.75. The molecule has 0 atom stereocenters. The van der Waals surface area contributed by atoms with Crippen LogP contribution in [0, 0.1) is 6.92 Å². The van der Waals surface area contributed by atoms with E-state index in [0.717, 1.165) is 13.2 Å². The molecule has 1 fully saturated rings. The second kappa shape index (κ2) is 2.79. The highest BCUT2D eigenvalue weighted by Crippen LogP contribution is 2.36. The molecule has 0 N–H and O–H groups in total. The number of ether oxygens (including phenoxy) is 1. The fourth-order valence-corrected chi connectivity index (χ4v) is 1.72. The third kappa shape index (κ3) is 1.25. The summed E-state index contributed by atoms with van der Waals surface area (Å²) in [7, 11) is 0.